The van der Waals surface area contributed by atoms with Gasteiger partial charge in [-0.15, -0.1) is 0 Å². The lowest BCUT2D eigenvalue weighted by atomic mass is 9.99. The van der Waals surface area contributed by atoms with Crippen LogP contribution in [0.3, 0.4) is 0 Å². The molecular formula is C11H11F2NO3S. The van der Waals surface area contributed by atoms with Crippen molar-refractivity contribution in [2.45, 2.75) is 6.92 Å². The fourth-order valence-corrected chi connectivity index (χ4v) is 2.13. The topological polar surface area (TPSA) is 60.2 Å². The normalized spacial score (nSPS) is 12.2. The first kappa shape index (κ1) is 14.6. The Morgan fingerprint density at radius 1 is 1.50 bits per heavy atom. The number of rotatable bonds is 5. The molecule has 1 unspecified atom stereocenters. The molecule has 0 fully saturated rings. The average Bonchev–Trinajstić information content (AvgIpc) is 2.28. The first-order chi connectivity index (χ1) is 8.40. The van der Waals surface area contributed by atoms with E-state index in [1.807, 2.05) is 0 Å². The summed E-state index contributed by atoms with van der Waals surface area (Å²) in [7, 11) is 0. The molecule has 7 heteroatoms. The van der Waals surface area contributed by atoms with Gasteiger partial charge in [-0.1, -0.05) is 6.92 Å². The van der Waals surface area contributed by atoms with Crippen molar-refractivity contribution in [1.82, 2.24) is 0 Å². The molecule has 0 saturated heterocycles. The summed E-state index contributed by atoms with van der Waals surface area (Å²) in [5, 5.41) is 10.5. The smallest absolute Gasteiger partial charge is 0.294 e. The number of nitrogens with zero attached hydrogens (tertiary/aromatic N) is 1. The van der Waals surface area contributed by atoms with E-state index in [0.717, 1.165) is 6.07 Å². The third kappa shape index (κ3) is 2.84. The third-order valence-electron chi connectivity index (χ3n) is 2.38. The zero-order chi connectivity index (χ0) is 13.9. The molecule has 0 spiro atoms. The molecule has 1 atom stereocenters. The molecule has 0 N–H and O–H groups in total. The molecule has 0 bridgehead atoms. The Labute approximate surface area is 107 Å². The van der Waals surface area contributed by atoms with Gasteiger partial charge in [-0.05, 0) is 12.3 Å². The Bertz CT molecular complexity index is 493. The molecule has 18 heavy (non-hydrogen) atoms. The standard InChI is InChI=1S/C11H11F2NO3S/c1-6(5-18-2)11(15)9-7(12)3-4-8(10(9)13)14(16)17/h3-4,6H,5H2,1-2H3. The number of halogens is 2. The highest BCUT2D eigenvalue weighted by Gasteiger charge is 2.28. The summed E-state index contributed by atoms with van der Waals surface area (Å²) < 4.78 is 27.2. The van der Waals surface area contributed by atoms with Crippen molar-refractivity contribution in [3.63, 3.8) is 0 Å². The van der Waals surface area contributed by atoms with Crippen LogP contribution in [0.25, 0.3) is 0 Å². The van der Waals surface area contributed by atoms with Gasteiger partial charge in [-0.2, -0.15) is 16.2 Å². The zero-order valence-electron chi connectivity index (χ0n) is 9.78. The predicted molar refractivity (Wildman–Crippen MR) is 64.9 cm³/mol. The molecule has 1 aromatic rings. The lowest BCUT2D eigenvalue weighted by Crippen LogP contribution is -2.17. The minimum absolute atomic E-state index is 0.389. The number of hydrogen-bond donors (Lipinski definition) is 0. The Morgan fingerprint density at radius 3 is 2.61 bits per heavy atom. The van der Waals surface area contributed by atoms with E-state index in [1.165, 1.54) is 18.7 Å². The summed E-state index contributed by atoms with van der Waals surface area (Å²) >= 11 is 1.36. The number of Topliss-reactive ketones (excluding diaryl/α,β-unsaturated/α-hetero) is 1. The molecule has 1 aromatic carbocycles. The van der Waals surface area contributed by atoms with Crippen LogP contribution < -0.4 is 0 Å². The van der Waals surface area contributed by atoms with Gasteiger partial charge in [0.15, 0.2) is 5.78 Å². The van der Waals surface area contributed by atoms with Crippen LogP contribution in [0.4, 0.5) is 14.5 Å². The van der Waals surface area contributed by atoms with E-state index in [0.29, 0.717) is 11.8 Å². The van der Waals surface area contributed by atoms with Gasteiger partial charge >= 0.3 is 5.69 Å². The molecule has 0 aliphatic rings. The molecule has 0 heterocycles. The van der Waals surface area contributed by atoms with Gasteiger partial charge in [0, 0.05) is 17.7 Å². The van der Waals surface area contributed by atoms with E-state index < -0.39 is 39.5 Å². The van der Waals surface area contributed by atoms with Crippen molar-refractivity contribution in [2.75, 3.05) is 12.0 Å². The summed E-state index contributed by atoms with van der Waals surface area (Å²) in [6.07, 6.45) is 1.75. The van der Waals surface area contributed by atoms with Crippen LogP contribution >= 0.6 is 11.8 Å². The van der Waals surface area contributed by atoms with Gasteiger partial charge in [-0.25, -0.2) is 4.39 Å². The van der Waals surface area contributed by atoms with E-state index in [9.17, 15) is 23.7 Å². The maximum atomic E-state index is 13.7. The molecule has 0 saturated carbocycles. The van der Waals surface area contributed by atoms with Gasteiger partial charge in [0.05, 0.1) is 10.5 Å². The number of benzene rings is 1. The monoisotopic (exact) mass is 275 g/mol. The number of ketones is 1. The largest absolute Gasteiger partial charge is 0.305 e. The molecule has 0 aromatic heterocycles. The highest BCUT2D eigenvalue weighted by Crippen LogP contribution is 2.25. The Kier molecular flexibility index (Phi) is 4.77. The van der Waals surface area contributed by atoms with E-state index in [4.69, 9.17) is 0 Å². The molecule has 0 radical (unpaired) electrons. The van der Waals surface area contributed by atoms with E-state index in [1.54, 1.807) is 6.26 Å². The van der Waals surface area contributed by atoms with Gasteiger partial charge in [0.1, 0.15) is 5.82 Å². The number of nitro groups is 1. The summed E-state index contributed by atoms with van der Waals surface area (Å²) in [6.45, 7) is 1.52. The molecular weight excluding hydrogens is 264 g/mol. The second kappa shape index (κ2) is 5.90. The number of thioether (sulfide) groups is 1. The van der Waals surface area contributed by atoms with E-state index in [-0.39, 0.29) is 0 Å². The molecule has 0 aliphatic heterocycles. The molecule has 98 valence electrons. The Morgan fingerprint density at radius 2 is 2.11 bits per heavy atom. The average molecular weight is 275 g/mol. The fourth-order valence-electron chi connectivity index (χ4n) is 1.48. The van der Waals surface area contributed by atoms with Crippen molar-refractivity contribution >= 4 is 23.2 Å². The second-order valence-electron chi connectivity index (χ2n) is 3.73. The summed E-state index contributed by atoms with van der Waals surface area (Å²) in [4.78, 5) is 21.4. The van der Waals surface area contributed by atoms with E-state index >= 15 is 0 Å². The van der Waals surface area contributed by atoms with Crippen molar-refractivity contribution in [1.29, 1.82) is 0 Å². The lowest BCUT2D eigenvalue weighted by Gasteiger charge is -2.10. The maximum absolute atomic E-state index is 13.7. The summed E-state index contributed by atoms with van der Waals surface area (Å²) in [6, 6.07) is 1.45. The number of nitro benzene ring substituents is 1. The van der Waals surface area contributed by atoms with Crippen molar-refractivity contribution in [3.8, 4) is 0 Å². The van der Waals surface area contributed by atoms with Crippen LogP contribution in [0, 0.1) is 27.7 Å². The minimum atomic E-state index is -1.40. The SMILES string of the molecule is CSCC(C)C(=O)c1c(F)ccc([N+](=O)[O-])c1F. The number of carbonyl (C=O) groups is 1. The Balaban J connectivity index is 3.27. The highest BCUT2D eigenvalue weighted by atomic mass is 32.2. The third-order valence-corrected chi connectivity index (χ3v) is 3.21. The van der Waals surface area contributed by atoms with Crippen molar-refractivity contribution in [2.24, 2.45) is 5.92 Å². The molecule has 0 amide bonds. The quantitative estimate of drug-likeness (QED) is 0.471. The van der Waals surface area contributed by atoms with Crippen LogP contribution in [0.2, 0.25) is 0 Å². The van der Waals surface area contributed by atoms with Crippen LogP contribution in [0.1, 0.15) is 17.3 Å². The fraction of sp³-hybridized carbons (Fsp3) is 0.364. The summed E-state index contributed by atoms with van der Waals surface area (Å²) in [5.41, 5.74) is -1.72. The summed E-state index contributed by atoms with van der Waals surface area (Å²) in [5.74, 6) is -3.46. The van der Waals surface area contributed by atoms with Crippen LogP contribution in [-0.2, 0) is 0 Å². The Hall–Kier alpha value is -1.50. The molecule has 1 rings (SSSR count). The minimum Gasteiger partial charge on any atom is -0.294 e. The maximum Gasteiger partial charge on any atom is 0.305 e. The first-order valence-corrected chi connectivity index (χ1v) is 6.45. The lowest BCUT2D eigenvalue weighted by molar-refractivity contribution is -0.387. The number of carbonyl (C=O) groups excluding carboxylic acids is 1. The molecule has 0 aliphatic carbocycles. The first-order valence-electron chi connectivity index (χ1n) is 5.05. The van der Waals surface area contributed by atoms with Gasteiger partial charge in [0.2, 0.25) is 5.82 Å². The van der Waals surface area contributed by atoms with Crippen molar-refractivity contribution < 1.29 is 18.5 Å². The van der Waals surface area contributed by atoms with E-state index in [2.05, 4.69) is 0 Å². The molecule has 4 nitrogen and oxygen atoms in total. The number of hydrogen-bond acceptors (Lipinski definition) is 4. The highest BCUT2D eigenvalue weighted by molar-refractivity contribution is 7.98. The van der Waals surface area contributed by atoms with Crippen LogP contribution in [0.15, 0.2) is 12.1 Å². The van der Waals surface area contributed by atoms with Crippen LogP contribution in [0.5, 0.6) is 0 Å². The second-order valence-corrected chi connectivity index (χ2v) is 4.64. The zero-order valence-corrected chi connectivity index (χ0v) is 10.6. The van der Waals surface area contributed by atoms with Gasteiger partial charge in [0.25, 0.3) is 0 Å². The van der Waals surface area contributed by atoms with Crippen LogP contribution in [-0.4, -0.2) is 22.7 Å². The predicted octanol–water partition coefficient (Wildman–Crippen LogP) is 3.05. The van der Waals surface area contributed by atoms with Crippen molar-refractivity contribution in [3.05, 3.63) is 39.4 Å². The van der Waals surface area contributed by atoms with Gasteiger partial charge in [-0.3, -0.25) is 14.9 Å². The van der Waals surface area contributed by atoms with Gasteiger partial charge < -0.3 is 0 Å².